The van der Waals surface area contributed by atoms with E-state index >= 15 is 0 Å². The van der Waals surface area contributed by atoms with E-state index in [0.717, 1.165) is 0 Å². The molecule has 1 fully saturated rings. The number of carbonyl (C=O) groups is 2. The van der Waals surface area contributed by atoms with E-state index in [1.807, 2.05) is 4.90 Å². The molecule has 1 heterocycles. The number of nitrogens with zero attached hydrogens (tertiary/aromatic N) is 1. The van der Waals surface area contributed by atoms with Crippen molar-refractivity contribution in [3.05, 3.63) is 0 Å². The molecule has 1 aliphatic heterocycles. The number of ether oxygens (including phenoxy) is 2. The first kappa shape index (κ1) is 12.9. The summed E-state index contributed by atoms with van der Waals surface area (Å²) in [7, 11) is 1.34. The van der Waals surface area contributed by atoms with E-state index < -0.39 is 0 Å². The van der Waals surface area contributed by atoms with Crippen LogP contribution in [0.4, 0.5) is 0 Å². The highest BCUT2D eigenvalue weighted by atomic mass is 16.5. The number of amides is 1. The van der Waals surface area contributed by atoms with Crippen molar-refractivity contribution >= 4 is 11.9 Å². The van der Waals surface area contributed by atoms with Gasteiger partial charge in [-0.15, -0.1) is 0 Å². The zero-order valence-electron chi connectivity index (χ0n) is 9.64. The minimum Gasteiger partial charge on any atom is -0.469 e. The van der Waals surface area contributed by atoms with Gasteiger partial charge in [-0.2, -0.15) is 0 Å². The average Bonchev–Trinajstić information content (AvgIpc) is 2.28. The topological polar surface area (TPSA) is 81.9 Å². The smallest absolute Gasteiger partial charge is 0.308 e. The van der Waals surface area contributed by atoms with E-state index in [4.69, 9.17) is 10.5 Å². The lowest BCUT2D eigenvalue weighted by Gasteiger charge is -2.35. The van der Waals surface area contributed by atoms with Crippen molar-refractivity contribution in [1.82, 2.24) is 4.90 Å². The van der Waals surface area contributed by atoms with Gasteiger partial charge in [-0.3, -0.25) is 14.5 Å². The van der Waals surface area contributed by atoms with Crippen molar-refractivity contribution in [2.24, 2.45) is 5.73 Å². The van der Waals surface area contributed by atoms with Crippen LogP contribution in [0.15, 0.2) is 0 Å². The van der Waals surface area contributed by atoms with E-state index in [-0.39, 0.29) is 30.4 Å². The maximum Gasteiger partial charge on any atom is 0.308 e. The van der Waals surface area contributed by atoms with Crippen LogP contribution in [0.1, 0.15) is 13.3 Å². The number of carbonyl (C=O) groups excluding carboxylic acids is 2. The lowest BCUT2D eigenvalue weighted by atomic mass is 10.1. The SMILES string of the molecule is COC(=O)CC1CN(C(C)C(N)=O)CCO1. The lowest BCUT2D eigenvalue weighted by Crippen LogP contribution is -2.51. The second-order valence-corrected chi connectivity index (χ2v) is 3.85. The molecule has 6 nitrogen and oxygen atoms in total. The first-order chi connectivity index (χ1) is 7.54. The molecule has 1 saturated heterocycles. The van der Waals surface area contributed by atoms with Crippen molar-refractivity contribution < 1.29 is 19.1 Å². The molecule has 0 aromatic heterocycles. The van der Waals surface area contributed by atoms with E-state index in [0.29, 0.717) is 19.7 Å². The van der Waals surface area contributed by atoms with Gasteiger partial charge in [0.1, 0.15) is 0 Å². The van der Waals surface area contributed by atoms with Crippen LogP contribution in [-0.2, 0) is 19.1 Å². The Morgan fingerprint density at radius 2 is 2.31 bits per heavy atom. The maximum absolute atomic E-state index is 11.1. The molecular formula is C10H18N2O4. The second kappa shape index (κ2) is 5.81. The fraction of sp³-hybridized carbons (Fsp3) is 0.800. The summed E-state index contributed by atoms with van der Waals surface area (Å²) >= 11 is 0. The van der Waals surface area contributed by atoms with E-state index in [9.17, 15) is 9.59 Å². The maximum atomic E-state index is 11.1. The van der Waals surface area contributed by atoms with Crippen LogP contribution in [0.25, 0.3) is 0 Å². The van der Waals surface area contributed by atoms with Crippen LogP contribution in [0.2, 0.25) is 0 Å². The molecule has 1 amide bonds. The van der Waals surface area contributed by atoms with Gasteiger partial charge in [0.15, 0.2) is 0 Å². The lowest BCUT2D eigenvalue weighted by molar-refractivity contribution is -0.146. The predicted molar refractivity (Wildman–Crippen MR) is 56.6 cm³/mol. The highest BCUT2D eigenvalue weighted by Crippen LogP contribution is 2.12. The summed E-state index contributed by atoms with van der Waals surface area (Å²) in [5.41, 5.74) is 5.23. The molecule has 2 atom stereocenters. The molecule has 92 valence electrons. The van der Waals surface area contributed by atoms with Crippen molar-refractivity contribution in [1.29, 1.82) is 0 Å². The number of nitrogens with two attached hydrogens (primary N) is 1. The Hall–Kier alpha value is -1.14. The van der Waals surface area contributed by atoms with Gasteiger partial charge in [0.05, 0.1) is 32.3 Å². The van der Waals surface area contributed by atoms with E-state index in [1.54, 1.807) is 6.92 Å². The van der Waals surface area contributed by atoms with Crippen molar-refractivity contribution in [3.8, 4) is 0 Å². The molecule has 2 N–H and O–H groups in total. The van der Waals surface area contributed by atoms with Crippen LogP contribution in [0.3, 0.4) is 0 Å². The summed E-state index contributed by atoms with van der Waals surface area (Å²) in [4.78, 5) is 24.0. The Bertz CT molecular complexity index is 270. The van der Waals surface area contributed by atoms with Crippen LogP contribution in [-0.4, -0.2) is 55.7 Å². The number of hydrogen-bond donors (Lipinski definition) is 1. The van der Waals surface area contributed by atoms with E-state index in [1.165, 1.54) is 7.11 Å². The Morgan fingerprint density at radius 1 is 1.62 bits per heavy atom. The molecule has 0 aromatic carbocycles. The molecule has 1 aliphatic rings. The van der Waals surface area contributed by atoms with Gasteiger partial charge in [0.25, 0.3) is 0 Å². The van der Waals surface area contributed by atoms with Gasteiger partial charge in [-0.1, -0.05) is 0 Å². The monoisotopic (exact) mass is 230 g/mol. The van der Waals surface area contributed by atoms with Crippen LogP contribution in [0, 0.1) is 0 Å². The third-order valence-corrected chi connectivity index (χ3v) is 2.75. The average molecular weight is 230 g/mol. The Balaban J connectivity index is 2.47. The van der Waals surface area contributed by atoms with E-state index in [2.05, 4.69) is 4.74 Å². The number of primary amides is 1. The van der Waals surface area contributed by atoms with Gasteiger partial charge in [-0.05, 0) is 6.92 Å². The van der Waals surface area contributed by atoms with Crippen molar-refractivity contribution in [2.75, 3.05) is 26.8 Å². The molecule has 1 rings (SSSR count). The molecule has 0 saturated carbocycles. The number of morpholine rings is 1. The van der Waals surface area contributed by atoms with Crippen molar-refractivity contribution in [3.63, 3.8) is 0 Å². The Kier molecular flexibility index (Phi) is 4.70. The first-order valence-electron chi connectivity index (χ1n) is 5.26. The quantitative estimate of drug-likeness (QED) is 0.634. The first-order valence-corrected chi connectivity index (χ1v) is 5.26. The highest BCUT2D eigenvalue weighted by molar-refractivity contribution is 5.79. The molecule has 2 unspecified atom stereocenters. The summed E-state index contributed by atoms with van der Waals surface area (Å²) < 4.78 is 9.98. The Morgan fingerprint density at radius 3 is 2.88 bits per heavy atom. The number of methoxy groups -OCH3 is 1. The highest BCUT2D eigenvalue weighted by Gasteiger charge is 2.28. The fourth-order valence-corrected chi connectivity index (χ4v) is 1.67. The van der Waals surface area contributed by atoms with Gasteiger partial charge in [0.2, 0.25) is 5.91 Å². The van der Waals surface area contributed by atoms with Gasteiger partial charge >= 0.3 is 5.97 Å². The van der Waals surface area contributed by atoms with Crippen LogP contribution < -0.4 is 5.73 Å². The second-order valence-electron chi connectivity index (χ2n) is 3.85. The van der Waals surface area contributed by atoms with Gasteiger partial charge < -0.3 is 15.2 Å². The summed E-state index contributed by atoms with van der Waals surface area (Å²) in [5, 5.41) is 0. The zero-order valence-corrected chi connectivity index (χ0v) is 9.64. The Labute approximate surface area is 94.7 Å². The molecule has 0 bridgehead atoms. The summed E-state index contributed by atoms with van der Waals surface area (Å²) in [6, 6.07) is -0.330. The predicted octanol–water partition coefficient (Wildman–Crippen LogP) is -0.876. The third kappa shape index (κ3) is 3.46. The summed E-state index contributed by atoms with van der Waals surface area (Å²) in [6.45, 7) is 3.43. The van der Waals surface area contributed by atoms with Gasteiger partial charge in [-0.25, -0.2) is 0 Å². The standard InChI is InChI=1S/C10H18N2O4/c1-7(10(11)14)12-3-4-16-8(6-12)5-9(13)15-2/h7-8H,3-6H2,1-2H3,(H2,11,14). The minimum absolute atomic E-state index is 0.207. The molecule has 0 aromatic rings. The number of rotatable bonds is 4. The largest absolute Gasteiger partial charge is 0.469 e. The molecule has 16 heavy (non-hydrogen) atoms. The minimum atomic E-state index is -0.362. The molecule has 0 spiro atoms. The van der Waals surface area contributed by atoms with Crippen molar-refractivity contribution in [2.45, 2.75) is 25.5 Å². The normalized spacial score (nSPS) is 23.8. The summed E-state index contributed by atoms with van der Waals surface area (Å²) in [5.74, 6) is -0.669. The zero-order chi connectivity index (χ0) is 12.1. The molecular weight excluding hydrogens is 212 g/mol. The summed E-state index contributed by atoms with van der Waals surface area (Å²) in [6.07, 6.45) is -0.0126. The number of hydrogen-bond acceptors (Lipinski definition) is 5. The van der Waals surface area contributed by atoms with Crippen LogP contribution >= 0.6 is 0 Å². The van der Waals surface area contributed by atoms with Crippen LogP contribution in [0.5, 0.6) is 0 Å². The molecule has 0 radical (unpaired) electrons. The fourth-order valence-electron chi connectivity index (χ4n) is 1.67. The molecule has 0 aliphatic carbocycles. The van der Waals surface area contributed by atoms with Gasteiger partial charge in [0, 0.05) is 13.1 Å². The third-order valence-electron chi connectivity index (χ3n) is 2.75. The molecule has 6 heteroatoms. The number of esters is 1.